The molecule has 0 unspecified atom stereocenters. The zero-order valence-corrected chi connectivity index (χ0v) is 14.9. The van der Waals surface area contributed by atoms with Gasteiger partial charge in [0.2, 0.25) is 0 Å². The highest BCUT2D eigenvalue weighted by atomic mass is 16.6. The molecule has 27 heavy (non-hydrogen) atoms. The number of hydrogen-bond donors (Lipinski definition) is 1. The molecular weight excluding hydrogens is 344 g/mol. The van der Waals surface area contributed by atoms with Crippen molar-refractivity contribution < 1.29 is 19.1 Å². The number of carbonyl (C=O) groups is 3. The molecule has 2 fully saturated rings. The molecule has 2 aromatic rings. The maximum Gasteiger partial charge on any atom is 0.329 e. The number of cyclic esters (lactones) is 1. The lowest BCUT2D eigenvalue weighted by atomic mass is 9.83. The SMILES string of the molecule is C[C@H]1C[C@@H](N2C(=O)N[C@](Cc3ccccc3)(c3ccccc3)C2=O)C(=O)O1. The van der Waals surface area contributed by atoms with E-state index in [1.54, 1.807) is 6.92 Å². The molecule has 1 N–H and O–H groups in total. The number of nitrogens with one attached hydrogen (secondary N) is 1. The minimum absolute atomic E-state index is 0.302. The van der Waals surface area contributed by atoms with E-state index in [0.717, 1.165) is 10.5 Å². The highest BCUT2D eigenvalue weighted by Gasteiger charge is 2.57. The Balaban J connectivity index is 1.76. The number of amides is 3. The van der Waals surface area contributed by atoms with Crippen LogP contribution in [0.3, 0.4) is 0 Å². The third-order valence-corrected chi connectivity index (χ3v) is 5.16. The molecule has 0 aromatic heterocycles. The van der Waals surface area contributed by atoms with E-state index in [4.69, 9.17) is 4.74 Å². The fraction of sp³-hybridized carbons (Fsp3) is 0.286. The Bertz CT molecular complexity index is 884. The van der Waals surface area contributed by atoms with Crippen molar-refractivity contribution in [2.75, 3.05) is 0 Å². The van der Waals surface area contributed by atoms with Gasteiger partial charge in [-0.25, -0.2) is 14.5 Å². The Labute approximate surface area is 157 Å². The smallest absolute Gasteiger partial charge is 0.329 e. The Morgan fingerprint density at radius 1 is 1.04 bits per heavy atom. The number of ether oxygens (including phenoxy) is 1. The predicted octanol–water partition coefficient (Wildman–Crippen LogP) is 2.38. The van der Waals surface area contributed by atoms with Crippen LogP contribution in [0.4, 0.5) is 4.79 Å². The van der Waals surface area contributed by atoms with Gasteiger partial charge in [0, 0.05) is 12.8 Å². The molecule has 2 aromatic carbocycles. The lowest BCUT2D eigenvalue weighted by Crippen LogP contribution is -2.48. The summed E-state index contributed by atoms with van der Waals surface area (Å²) in [6, 6.07) is 17.2. The zero-order valence-electron chi connectivity index (χ0n) is 14.9. The van der Waals surface area contributed by atoms with E-state index in [0.29, 0.717) is 18.4 Å². The second-order valence-electron chi connectivity index (χ2n) is 7.04. The second-order valence-corrected chi connectivity index (χ2v) is 7.04. The minimum Gasteiger partial charge on any atom is -0.461 e. The molecule has 2 saturated heterocycles. The highest BCUT2D eigenvalue weighted by molar-refractivity contribution is 6.10. The summed E-state index contributed by atoms with van der Waals surface area (Å²) in [6.07, 6.45) is 0.300. The first-order valence-corrected chi connectivity index (χ1v) is 8.97. The predicted molar refractivity (Wildman–Crippen MR) is 97.6 cm³/mol. The summed E-state index contributed by atoms with van der Waals surface area (Å²) in [5.41, 5.74) is 0.361. The van der Waals surface area contributed by atoms with Gasteiger partial charge in [-0.05, 0) is 18.1 Å². The van der Waals surface area contributed by atoms with Gasteiger partial charge in [-0.3, -0.25) is 4.79 Å². The minimum atomic E-state index is -1.24. The molecule has 0 saturated carbocycles. The first kappa shape index (κ1) is 17.3. The van der Waals surface area contributed by atoms with Crippen molar-refractivity contribution in [3.8, 4) is 0 Å². The average Bonchev–Trinajstić information content (AvgIpc) is 3.12. The molecule has 3 atom stereocenters. The first-order chi connectivity index (χ1) is 13.0. The number of hydrogen-bond acceptors (Lipinski definition) is 4. The van der Waals surface area contributed by atoms with Crippen LogP contribution in [0.25, 0.3) is 0 Å². The molecule has 2 aliphatic heterocycles. The van der Waals surface area contributed by atoms with Crippen LogP contribution >= 0.6 is 0 Å². The van der Waals surface area contributed by atoms with Gasteiger partial charge in [0.1, 0.15) is 12.1 Å². The van der Waals surface area contributed by atoms with Gasteiger partial charge >= 0.3 is 12.0 Å². The van der Waals surface area contributed by atoms with Crippen molar-refractivity contribution in [1.82, 2.24) is 10.2 Å². The fourth-order valence-corrected chi connectivity index (χ4v) is 3.87. The van der Waals surface area contributed by atoms with Crippen molar-refractivity contribution in [3.63, 3.8) is 0 Å². The van der Waals surface area contributed by atoms with Crippen LogP contribution in [0.15, 0.2) is 60.7 Å². The summed E-state index contributed by atoms with van der Waals surface area (Å²) < 4.78 is 5.16. The third-order valence-electron chi connectivity index (χ3n) is 5.16. The van der Waals surface area contributed by atoms with Crippen LogP contribution in [0.1, 0.15) is 24.5 Å². The Morgan fingerprint density at radius 3 is 2.26 bits per heavy atom. The molecule has 0 spiro atoms. The number of rotatable bonds is 4. The standard InChI is InChI=1S/C21H20N2O4/c1-14-12-17(18(24)27-14)23-19(25)21(22-20(23)26,16-10-6-3-7-11-16)13-15-8-4-2-5-9-15/h2-11,14,17H,12-13H2,1H3,(H,22,26)/t14-,17+,21+/m0/s1. The first-order valence-electron chi connectivity index (χ1n) is 8.97. The number of urea groups is 1. The van der Waals surface area contributed by atoms with Crippen molar-refractivity contribution in [1.29, 1.82) is 0 Å². The molecule has 0 aliphatic carbocycles. The van der Waals surface area contributed by atoms with Gasteiger partial charge in [-0.1, -0.05) is 60.7 Å². The summed E-state index contributed by atoms with van der Waals surface area (Å²) in [5, 5.41) is 2.87. The van der Waals surface area contributed by atoms with Crippen molar-refractivity contribution in [2.45, 2.75) is 37.5 Å². The Kier molecular flexibility index (Phi) is 4.18. The quantitative estimate of drug-likeness (QED) is 0.668. The molecule has 138 valence electrons. The van der Waals surface area contributed by atoms with Crippen LogP contribution in [0.5, 0.6) is 0 Å². The van der Waals surface area contributed by atoms with Crippen LogP contribution in [0.2, 0.25) is 0 Å². The number of esters is 1. The van der Waals surface area contributed by atoms with Crippen LogP contribution < -0.4 is 5.32 Å². The maximum absolute atomic E-state index is 13.5. The monoisotopic (exact) mass is 364 g/mol. The van der Waals surface area contributed by atoms with Crippen LogP contribution in [-0.4, -0.2) is 35.0 Å². The molecule has 6 nitrogen and oxygen atoms in total. The molecule has 0 radical (unpaired) electrons. The topological polar surface area (TPSA) is 75.7 Å². The van der Waals surface area contributed by atoms with E-state index in [9.17, 15) is 14.4 Å². The zero-order chi connectivity index (χ0) is 19.0. The molecule has 4 rings (SSSR count). The van der Waals surface area contributed by atoms with E-state index in [1.165, 1.54) is 0 Å². The van der Waals surface area contributed by atoms with Crippen molar-refractivity contribution in [3.05, 3.63) is 71.8 Å². The number of carbonyl (C=O) groups excluding carboxylic acids is 3. The fourth-order valence-electron chi connectivity index (χ4n) is 3.87. The van der Waals surface area contributed by atoms with Gasteiger partial charge in [0.25, 0.3) is 5.91 Å². The lowest BCUT2D eigenvalue weighted by Gasteiger charge is -2.28. The summed E-state index contributed by atoms with van der Waals surface area (Å²) in [4.78, 5) is 39.5. The number of imide groups is 1. The molecule has 0 bridgehead atoms. The molecular formula is C21H20N2O4. The normalized spacial score (nSPS) is 27.6. The summed E-state index contributed by atoms with van der Waals surface area (Å²) >= 11 is 0. The van der Waals surface area contributed by atoms with Gasteiger partial charge in [-0.15, -0.1) is 0 Å². The molecule has 6 heteroatoms. The van der Waals surface area contributed by atoms with Crippen LogP contribution in [0, 0.1) is 0 Å². The van der Waals surface area contributed by atoms with E-state index in [1.807, 2.05) is 60.7 Å². The van der Waals surface area contributed by atoms with Gasteiger partial charge in [0.05, 0.1) is 0 Å². The molecule has 3 amide bonds. The van der Waals surface area contributed by atoms with Crippen molar-refractivity contribution in [2.24, 2.45) is 0 Å². The van der Waals surface area contributed by atoms with Gasteiger partial charge in [-0.2, -0.15) is 0 Å². The van der Waals surface area contributed by atoms with E-state index in [-0.39, 0.29) is 6.10 Å². The molecule has 2 heterocycles. The number of benzene rings is 2. The van der Waals surface area contributed by atoms with E-state index >= 15 is 0 Å². The molecule has 2 aliphatic rings. The number of nitrogens with zero attached hydrogens (tertiary/aromatic N) is 1. The van der Waals surface area contributed by atoms with Gasteiger partial charge < -0.3 is 10.1 Å². The largest absolute Gasteiger partial charge is 0.461 e. The second kappa shape index (κ2) is 6.54. The Morgan fingerprint density at radius 2 is 1.67 bits per heavy atom. The third kappa shape index (κ3) is 2.87. The summed E-state index contributed by atoms with van der Waals surface area (Å²) in [5.74, 6) is -0.951. The lowest BCUT2D eigenvalue weighted by molar-refractivity contribution is -0.147. The summed E-state index contributed by atoms with van der Waals surface area (Å²) in [7, 11) is 0. The average molecular weight is 364 g/mol. The Hall–Kier alpha value is -3.15. The summed E-state index contributed by atoms with van der Waals surface area (Å²) in [6.45, 7) is 1.75. The van der Waals surface area contributed by atoms with Crippen LogP contribution in [-0.2, 0) is 26.3 Å². The highest BCUT2D eigenvalue weighted by Crippen LogP contribution is 2.36. The van der Waals surface area contributed by atoms with Crippen molar-refractivity contribution >= 4 is 17.9 Å². The van der Waals surface area contributed by atoms with E-state index in [2.05, 4.69) is 5.32 Å². The maximum atomic E-state index is 13.5. The van der Waals surface area contributed by atoms with Gasteiger partial charge in [0.15, 0.2) is 5.54 Å². The van der Waals surface area contributed by atoms with E-state index < -0.39 is 29.5 Å².